The molecule has 0 bridgehead atoms. The molecule has 1 aromatic carbocycles. The first-order valence-electron chi connectivity index (χ1n) is 5.34. The van der Waals surface area contributed by atoms with Gasteiger partial charge in [0, 0.05) is 30.1 Å². The normalized spacial score (nSPS) is 11.0. The number of hydrogen-bond donors (Lipinski definition) is 2. The van der Waals surface area contributed by atoms with Crippen molar-refractivity contribution < 1.29 is 13.3 Å². The lowest BCUT2D eigenvalue weighted by Crippen LogP contribution is -2.15. The third kappa shape index (κ3) is 3.01. The highest BCUT2D eigenvalue weighted by atomic mass is 32.2. The van der Waals surface area contributed by atoms with Crippen molar-refractivity contribution >= 4 is 21.4 Å². The highest BCUT2D eigenvalue weighted by molar-refractivity contribution is 7.92. The van der Waals surface area contributed by atoms with E-state index in [1.807, 2.05) is 0 Å². The van der Waals surface area contributed by atoms with Crippen LogP contribution in [-0.2, 0) is 10.0 Å². The van der Waals surface area contributed by atoms with Crippen LogP contribution in [0, 0.1) is 10.1 Å². The van der Waals surface area contributed by atoms with Crippen molar-refractivity contribution in [3.05, 3.63) is 63.1 Å². The van der Waals surface area contributed by atoms with Crippen LogP contribution in [0.15, 0.2) is 52.3 Å². The summed E-state index contributed by atoms with van der Waals surface area (Å²) in [7, 11) is -3.85. The van der Waals surface area contributed by atoms with Crippen molar-refractivity contribution in [2.45, 2.75) is 4.90 Å². The van der Waals surface area contributed by atoms with Gasteiger partial charge in [0.1, 0.15) is 4.90 Å². The van der Waals surface area contributed by atoms with E-state index in [0.717, 1.165) is 18.3 Å². The topological polar surface area (TPSA) is 122 Å². The Bertz CT molecular complexity index is 775. The van der Waals surface area contributed by atoms with Crippen LogP contribution in [0.1, 0.15) is 0 Å². The Hall–Kier alpha value is -2.68. The summed E-state index contributed by atoms with van der Waals surface area (Å²) in [5.41, 5.74) is -0.377. The Balaban J connectivity index is 2.26. The van der Waals surface area contributed by atoms with Crippen molar-refractivity contribution in [1.82, 2.24) is 4.98 Å². The van der Waals surface area contributed by atoms with Crippen molar-refractivity contribution in [1.29, 1.82) is 0 Å². The number of anilines is 1. The van der Waals surface area contributed by atoms with Crippen molar-refractivity contribution in [2.75, 3.05) is 4.72 Å². The van der Waals surface area contributed by atoms with E-state index in [0.29, 0.717) is 0 Å². The fraction of sp³-hybridized carbons (Fsp3) is 0. The molecule has 2 N–H and O–H groups in total. The van der Waals surface area contributed by atoms with Crippen molar-refractivity contribution in [2.24, 2.45) is 0 Å². The van der Waals surface area contributed by atoms with Gasteiger partial charge in [-0.25, -0.2) is 8.42 Å². The summed E-state index contributed by atoms with van der Waals surface area (Å²) in [5.74, 6) is 0. The minimum Gasteiger partial charge on any atom is -0.328 e. The number of sulfonamides is 1. The van der Waals surface area contributed by atoms with Gasteiger partial charge < -0.3 is 4.98 Å². The number of nitro benzene ring substituents is 1. The van der Waals surface area contributed by atoms with Gasteiger partial charge in [0.15, 0.2) is 0 Å². The number of nitro groups is 1. The average Bonchev–Trinajstić information content (AvgIpc) is 2.39. The number of non-ortho nitro benzene ring substituents is 1. The number of pyridine rings is 1. The zero-order valence-corrected chi connectivity index (χ0v) is 10.8. The second kappa shape index (κ2) is 5.13. The van der Waals surface area contributed by atoms with E-state index in [9.17, 15) is 23.3 Å². The molecule has 20 heavy (non-hydrogen) atoms. The van der Waals surface area contributed by atoms with E-state index in [4.69, 9.17) is 0 Å². The fourth-order valence-electron chi connectivity index (χ4n) is 1.43. The van der Waals surface area contributed by atoms with E-state index in [1.54, 1.807) is 0 Å². The molecule has 0 radical (unpaired) electrons. The Morgan fingerprint density at radius 2 is 1.75 bits per heavy atom. The maximum Gasteiger partial charge on any atom is 0.269 e. The highest BCUT2D eigenvalue weighted by Gasteiger charge is 2.14. The fourth-order valence-corrected chi connectivity index (χ4v) is 2.45. The molecule has 8 nitrogen and oxygen atoms in total. The summed E-state index contributed by atoms with van der Waals surface area (Å²) in [6.45, 7) is 0. The molecule has 9 heteroatoms. The van der Waals surface area contributed by atoms with Crippen LogP contribution < -0.4 is 10.3 Å². The number of nitrogens with one attached hydrogen (secondary N) is 2. The summed E-state index contributed by atoms with van der Waals surface area (Å²) in [5, 5.41) is 10.5. The van der Waals surface area contributed by atoms with Gasteiger partial charge in [-0.3, -0.25) is 19.6 Å². The van der Waals surface area contributed by atoms with Crippen LogP contribution in [0.25, 0.3) is 0 Å². The number of nitrogens with zero attached hydrogens (tertiary/aromatic N) is 1. The Kier molecular flexibility index (Phi) is 3.53. The highest BCUT2D eigenvalue weighted by Crippen LogP contribution is 2.18. The molecule has 0 aliphatic heterocycles. The van der Waals surface area contributed by atoms with Gasteiger partial charge in [-0.05, 0) is 18.2 Å². The maximum absolute atomic E-state index is 12.0. The Labute approximate surface area is 113 Å². The number of aromatic amines is 1. The van der Waals surface area contributed by atoms with Gasteiger partial charge in [-0.15, -0.1) is 0 Å². The lowest BCUT2D eigenvalue weighted by molar-refractivity contribution is -0.384. The largest absolute Gasteiger partial charge is 0.328 e. The Morgan fingerprint density at radius 1 is 1.10 bits per heavy atom. The molecule has 0 aliphatic rings. The summed E-state index contributed by atoms with van der Waals surface area (Å²) >= 11 is 0. The maximum atomic E-state index is 12.0. The van der Waals surface area contributed by atoms with E-state index in [1.165, 1.54) is 24.3 Å². The molecule has 104 valence electrons. The van der Waals surface area contributed by atoms with E-state index in [-0.39, 0.29) is 16.3 Å². The van der Waals surface area contributed by atoms with Crippen LogP contribution >= 0.6 is 0 Å². The van der Waals surface area contributed by atoms with Crippen LogP contribution in [0.4, 0.5) is 11.4 Å². The minimum atomic E-state index is -3.85. The van der Waals surface area contributed by atoms with Crippen molar-refractivity contribution in [3.8, 4) is 0 Å². The van der Waals surface area contributed by atoms with Crippen molar-refractivity contribution in [3.63, 3.8) is 0 Å². The number of aromatic nitrogens is 1. The lowest BCUT2D eigenvalue weighted by atomic mass is 10.3. The zero-order valence-electron chi connectivity index (χ0n) is 9.94. The van der Waals surface area contributed by atoms with Gasteiger partial charge >= 0.3 is 0 Å². The van der Waals surface area contributed by atoms with Gasteiger partial charge in [-0.1, -0.05) is 0 Å². The molecule has 0 saturated heterocycles. The molecule has 2 aromatic rings. The molecule has 2 rings (SSSR count). The molecule has 1 aromatic heterocycles. The van der Waals surface area contributed by atoms with Gasteiger partial charge in [-0.2, -0.15) is 0 Å². The number of rotatable bonds is 4. The summed E-state index contributed by atoms with van der Waals surface area (Å²) in [6.07, 6.45) is 1.07. The average molecular weight is 295 g/mol. The molecule has 0 unspecified atom stereocenters. The molecule has 0 fully saturated rings. The molecule has 0 atom stereocenters. The third-order valence-electron chi connectivity index (χ3n) is 2.40. The van der Waals surface area contributed by atoms with Gasteiger partial charge in [0.25, 0.3) is 15.7 Å². The summed E-state index contributed by atoms with van der Waals surface area (Å²) < 4.78 is 26.2. The van der Waals surface area contributed by atoms with E-state index < -0.39 is 20.5 Å². The van der Waals surface area contributed by atoms with Gasteiger partial charge in [0.2, 0.25) is 5.56 Å². The first-order valence-corrected chi connectivity index (χ1v) is 6.83. The third-order valence-corrected chi connectivity index (χ3v) is 3.78. The molecule has 0 aliphatic carbocycles. The predicted octanol–water partition coefficient (Wildman–Crippen LogP) is 1.08. The molecule has 0 saturated carbocycles. The molecular weight excluding hydrogens is 286 g/mol. The first kappa shape index (κ1) is 13.7. The zero-order chi connectivity index (χ0) is 14.8. The van der Waals surface area contributed by atoms with Crippen LogP contribution in [0.2, 0.25) is 0 Å². The smallest absolute Gasteiger partial charge is 0.269 e. The number of benzene rings is 1. The molecule has 1 heterocycles. The van der Waals surface area contributed by atoms with Crippen LogP contribution in [0.5, 0.6) is 0 Å². The molecule has 0 spiro atoms. The monoisotopic (exact) mass is 295 g/mol. The second-order valence-electron chi connectivity index (χ2n) is 3.80. The van der Waals surface area contributed by atoms with E-state index >= 15 is 0 Å². The van der Waals surface area contributed by atoms with Gasteiger partial charge in [0.05, 0.1) is 4.92 Å². The molecule has 0 amide bonds. The first-order chi connectivity index (χ1) is 9.38. The minimum absolute atomic E-state index is 0.115. The standard InChI is InChI=1S/C11H9N3O5S/c15-11-6-5-10(7-12-11)20(18,19)13-8-1-3-9(4-2-8)14(16)17/h1-7,13H,(H,12,15). The number of H-pyrrole nitrogens is 1. The SMILES string of the molecule is O=c1ccc(S(=O)(=O)Nc2ccc([N+](=O)[O-])cc2)c[nH]1. The quantitative estimate of drug-likeness (QED) is 0.645. The lowest BCUT2D eigenvalue weighted by Gasteiger charge is -2.07. The van der Waals surface area contributed by atoms with Crippen LogP contribution in [0.3, 0.4) is 0 Å². The van der Waals surface area contributed by atoms with Crippen LogP contribution in [-0.4, -0.2) is 18.3 Å². The molecular formula is C11H9N3O5S. The predicted molar refractivity (Wildman–Crippen MR) is 71.0 cm³/mol. The van der Waals surface area contributed by atoms with E-state index in [2.05, 4.69) is 9.71 Å². The second-order valence-corrected chi connectivity index (χ2v) is 5.48. The summed E-state index contributed by atoms with van der Waals surface area (Å²) in [4.78, 5) is 22.9. The Morgan fingerprint density at radius 3 is 2.25 bits per heavy atom. The number of hydrogen-bond acceptors (Lipinski definition) is 5. The summed E-state index contributed by atoms with van der Waals surface area (Å²) in [6, 6.07) is 7.18.